The molecule has 3 nitrogen and oxygen atoms in total. The maximum absolute atomic E-state index is 5.85. The van der Waals surface area contributed by atoms with E-state index in [1.165, 1.54) is 5.56 Å². The zero-order valence-corrected chi connectivity index (χ0v) is 13.1. The maximum Gasteiger partial charge on any atom is 0.133 e. The number of hydrogen-bond donors (Lipinski definition) is 1. The van der Waals surface area contributed by atoms with E-state index in [1.54, 1.807) is 0 Å². The van der Waals surface area contributed by atoms with E-state index in [1.807, 2.05) is 49.6 Å². The fraction of sp³-hybridized carbons (Fsp3) is 0.312. The summed E-state index contributed by atoms with van der Waals surface area (Å²) < 4.78 is 6.74. The van der Waals surface area contributed by atoms with Crippen molar-refractivity contribution in [1.29, 1.82) is 0 Å². The monoisotopic (exact) mass is 334 g/mol. The van der Waals surface area contributed by atoms with Crippen LogP contribution in [0.2, 0.25) is 0 Å². The van der Waals surface area contributed by atoms with Crippen molar-refractivity contribution in [3.8, 4) is 5.75 Å². The Balaban J connectivity index is 1.82. The average molecular weight is 335 g/mol. The van der Waals surface area contributed by atoms with Gasteiger partial charge in [0.15, 0.2) is 0 Å². The van der Waals surface area contributed by atoms with Crippen molar-refractivity contribution >= 4 is 15.9 Å². The number of aromatic nitrogens is 1. The van der Waals surface area contributed by atoms with E-state index in [0.717, 1.165) is 28.6 Å². The summed E-state index contributed by atoms with van der Waals surface area (Å²) in [5, 5.41) is 0. The third-order valence-electron chi connectivity index (χ3n) is 3.10. The largest absolute Gasteiger partial charge is 0.492 e. The second kappa shape index (κ2) is 7.41. The number of hydrogen-bond acceptors (Lipinski definition) is 3. The number of nitrogens with two attached hydrogens (primary N) is 1. The number of rotatable bonds is 6. The van der Waals surface area contributed by atoms with Crippen LogP contribution in [0.25, 0.3) is 0 Å². The molecule has 2 rings (SSSR count). The molecule has 0 saturated carbocycles. The van der Waals surface area contributed by atoms with E-state index in [9.17, 15) is 0 Å². The number of nitrogens with zero attached hydrogens (tertiary/aromatic N) is 1. The molecule has 0 saturated heterocycles. The molecule has 2 N–H and O–H groups in total. The van der Waals surface area contributed by atoms with Crippen LogP contribution in [0.1, 0.15) is 30.5 Å². The van der Waals surface area contributed by atoms with Gasteiger partial charge in [0.25, 0.3) is 0 Å². The standard InChI is InChI=1S/C16H19BrN2O/c1-12(18)14-4-5-16(15(17)11-14)20-10-2-3-13-6-8-19-9-7-13/h4-9,11-12H,2-3,10,18H2,1H3. The Kier molecular flexibility index (Phi) is 5.56. The van der Waals surface area contributed by atoms with E-state index in [0.29, 0.717) is 6.61 Å². The molecule has 1 atom stereocenters. The van der Waals surface area contributed by atoms with Crippen LogP contribution in [-0.2, 0) is 6.42 Å². The second-order valence-electron chi connectivity index (χ2n) is 4.79. The lowest BCUT2D eigenvalue weighted by Gasteiger charge is -2.11. The quantitative estimate of drug-likeness (QED) is 0.815. The molecule has 1 heterocycles. The van der Waals surface area contributed by atoms with Gasteiger partial charge in [0.2, 0.25) is 0 Å². The number of halogens is 1. The Morgan fingerprint density at radius 1 is 1.25 bits per heavy atom. The van der Waals surface area contributed by atoms with Crippen LogP contribution in [0.15, 0.2) is 47.2 Å². The Labute approximate surface area is 128 Å². The number of benzene rings is 1. The predicted octanol–water partition coefficient (Wildman–Crippen LogP) is 3.88. The first-order valence-electron chi connectivity index (χ1n) is 6.73. The van der Waals surface area contributed by atoms with Crippen molar-refractivity contribution in [1.82, 2.24) is 4.98 Å². The van der Waals surface area contributed by atoms with Gasteiger partial charge in [0.1, 0.15) is 5.75 Å². The summed E-state index contributed by atoms with van der Waals surface area (Å²) in [6, 6.07) is 10.1. The molecule has 1 aromatic heterocycles. The van der Waals surface area contributed by atoms with Gasteiger partial charge in [-0.2, -0.15) is 0 Å². The molecule has 0 radical (unpaired) electrons. The number of pyridine rings is 1. The third-order valence-corrected chi connectivity index (χ3v) is 3.72. The lowest BCUT2D eigenvalue weighted by Crippen LogP contribution is -2.05. The van der Waals surface area contributed by atoms with Gasteiger partial charge in [-0.15, -0.1) is 0 Å². The number of ether oxygens (including phenoxy) is 1. The van der Waals surface area contributed by atoms with Gasteiger partial charge in [-0.3, -0.25) is 4.98 Å². The van der Waals surface area contributed by atoms with Crippen molar-refractivity contribution in [2.45, 2.75) is 25.8 Å². The molecule has 0 aliphatic heterocycles. The molecule has 0 aliphatic carbocycles. The first-order valence-corrected chi connectivity index (χ1v) is 7.53. The second-order valence-corrected chi connectivity index (χ2v) is 5.64. The minimum Gasteiger partial charge on any atom is -0.492 e. The van der Waals surface area contributed by atoms with Crippen molar-refractivity contribution < 1.29 is 4.74 Å². The molecule has 0 spiro atoms. The summed E-state index contributed by atoms with van der Waals surface area (Å²) in [7, 11) is 0. The Bertz CT molecular complexity index is 543. The van der Waals surface area contributed by atoms with Gasteiger partial charge in [-0.25, -0.2) is 0 Å². The topological polar surface area (TPSA) is 48.1 Å². The molecule has 1 aromatic carbocycles. The van der Waals surface area contributed by atoms with E-state index >= 15 is 0 Å². The van der Waals surface area contributed by atoms with Crippen LogP contribution in [0.5, 0.6) is 5.75 Å². The van der Waals surface area contributed by atoms with E-state index in [2.05, 4.69) is 20.9 Å². The summed E-state index contributed by atoms with van der Waals surface area (Å²) >= 11 is 3.52. The van der Waals surface area contributed by atoms with Crippen molar-refractivity contribution in [2.24, 2.45) is 5.73 Å². The first-order chi connectivity index (χ1) is 9.66. The minimum absolute atomic E-state index is 0.0343. The van der Waals surface area contributed by atoms with Gasteiger partial charge in [-0.05, 0) is 71.1 Å². The zero-order valence-electron chi connectivity index (χ0n) is 11.6. The van der Waals surface area contributed by atoms with Crippen LogP contribution < -0.4 is 10.5 Å². The molecular formula is C16H19BrN2O. The van der Waals surface area contributed by atoms with Crippen molar-refractivity contribution in [2.75, 3.05) is 6.61 Å². The van der Waals surface area contributed by atoms with E-state index < -0.39 is 0 Å². The average Bonchev–Trinajstić information content (AvgIpc) is 2.46. The van der Waals surface area contributed by atoms with Gasteiger partial charge in [0.05, 0.1) is 11.1 Å². The minimum atomic E-state index is 0.0343. The van der Waals surface area contributed by atoms with Gasteiger partial charge in [-0.1, -0.05) is 6.07 Å². The smallest absolute Gasteiger partial charge is 0.133 e. The molecule has 0 amide bonds. The molecule has 4 heteroatoms. The molecule has 0 aliphatic rings. The normalized spacial score (nSPS) is 12.2. The van der Waals surface area contributed by atoms with E-state index in [-0.39, 0.29) is 6.04 Å². The van der Waals surface area contributed by atoms with Crippen molar-refractivity contribution in [3.05, 3.63) is 58.3 Å². The third kappa shape index (κ3) is 4.32. The number of aryl methyl sites for hydroxylation is 1. The van der Waals surface area contributed by atoms with E-state index in [4.69, 9.17) is 10.5 Å². The predicted molar refractivity (Wildman–Crippen MR) is 84.8 cm³/mol. The molecular weight excluding hydrogens is 316 g/mol. The van der Waals surface area contributed by atoms with Crippen LogP contribution in [0.3, 0.4) is 0 Å². The summed E-state index contributed by atoms with van der Waals surface area (Å²) in [4.78, 5) is 4.01. The summed E-state index contributed by atoms with van der Waals surface area (Å²) in [5.74, 6) is 0.865. The summed E-state index contributed by atoms with van der Waals surface area (Å²) in [6.07, 6.45) is 5.61. The lowest BCUT2D eigenvalue weighted by molar-refractivity contribution is 0.309. The molecule has 20 heavy (non-hydrogen) atoms. The lowest BCUT2D eigenvalue weighted by atomic mass is 10.1. The maximum atomic E-state index is 5.85. The van der Waals surface area contributed by atoms with Gasteiger partial charge < -0.3 is 10.5 Å². The van der Waals surface area contributed by atoms with Gasteiger partial charge >= 0.3 is 0 Å². The molecule has 0 bridgehead atoms. The fourth-order valence-corrected chi connectivity index (χ4v) is 2.44. The summed E-state index contributed by atoms with van der Waals surface area (Å²) in [6.45, 7) is 2.66. The summed E-state index contributed by atoms with van der Waals surface area (Å²) in [5.41, 5.74) is 8.24. The van der Waals surface area contributed by atoms with Crippen molar-refractivity contribution in [3.63, 3.8) is 0 Å². The Hall–Kier alpha value is -1.39. The Morgan fingerprint density at radius 3 is 2.65 bits per heavy atom. The van der Waals surface area contributed by atoms with Crippen LogP contribution in [-0.4, -0.2) is 11.6 Å². The van der Waals surface area contributed by atoms with Crippen LogP contribution >= 0.6 is 15.9 Å². The van der Waals surface area contributed by atoms with Crippen LogP contribution in [0.4, 0.5) is 0 Å². The molecule has 106 valence electrons. The highest BCUT2D eigenvalue weighted by Crippen LogP contribution is 2.27. The van der Waals surface area contributed by atoms with Crippen LogP contribution in [0, 0.1) is 0 Å². The molecule has 2 aromatic rings. The fourth-order valence-electron chi connectivity index (χ4n) is 1.93. The highest BCUT2D eigenvalue weighted by atomic mass is 79.9. The SMILES string of the molecule is CC(N)c1ccc(OCCCc2ccncc2)c(Br)c1. The highest BCUT2D eigenvalue weighted by Gasteiger charge is 2.05. The molecule has 1 unspecified atom stereocenters. The molecule has 0 fully saturated rings. The highest BCUT2D eigenvalue weighted by molar-refractivity contribution is 9.10. The van der Waals surface area contributed by atoms with Gasteiger partial charge in [0, 0.05) is 18.4 Å². The first kappa shape index (κ1) is 15.0. The zero-order chi connectivity index (χ0) is 14.4. The Morgan fingerprint density at radius 2 is 2.00 bits per heavy atom.